The van der Waals surface area contributed by atoms with Gasteiger partial charge in [-0.15, -0.1) is 0 Å². The predicted octanol–water partition coefficient (Wildman–Crippen LogP) is 2.98. The van der Waals surface area contributed by atoms with E-state index in [0.29, 0.717) is 6.04 Å². The third-order valence-corrected chi connectivity index (χ3v) is 5.66. The lowest BCUT2D eigenvalue weighted by Crippen LogP contribution is -2.60. The Balaban J connectivity index is 2.82. The standard InChI is InChI=1S/C18H35NO2/c1-5-7-11-16(18(20)21)15(3)17-12-9-10-14-19(17,4)13-8-6-2/h15-17H,5-14H2,1-4H3. The van der Waals surface area contributed by atoms with Crippen molar-refractivity contribution in [3.05, 3.63) is 0 Å². The minimum absolute atomic E-state index is 0.226. The van der Waals surface area contributed by atoms with Gasteiger partial charge in [0.1, 0.15) is 0 Å². The summed E-state index contributed by atoms with van der Waals surface area (Å²) in [5.41, 5.74) is 0. The zero-order chi connectivity index (χ0) is 15.9. The summed E-state index contributed by atoms with van der Waals surface area (Å²) in [4.78, 5) is 11.6. The maximum absolute atomic E-state index is 11.6. The Hall–Kier alpha value is -0.570. The molecule has 0 amide bonds. The average molecular weight is 297 g/mol. The zero-order valence-corrected chi connectivity index (χ0v) is 14.6. The van der Waals surface area contributed by atoms with Crippen LogP contribution in [0, 0.1) is 11.8 Å². The number of aliphatic carboxylic acids is 1. The Kier molecular flexibility index (Phi) is 7.72. The average Bonchev–Trinajstić information content (AvgIpc) is 2.45. The summed E-state index contributed by atoms with van der Waals surface area (Å²) in [6.45, 7) is 8.93. The highest BCUT2D eigenvalue weighted by atomic mass is 16.4. The summed E-state index contributed by atoms with van der Waals surface area (Å²) in [6.07, 6.45) is 9.01. The monoisotopic (exact) mass is 297 g/mol. The van der Waals surface area contributed by atoms with E-state index in [1.54, 1.807) is 0 Å². The molecule has 1 aliphatic rings. The van der Waals surface area contributed by atoms with Crippen molar-refractivity contribution in [3.63, 3.8) is 0 Å². The lowest BCUT2D eigenvalue weighted by atomic mass is 9.79. The Morgan fingerprint density at radius 1 is 1.24 bits per heavy atom. The van der Waals surface area contributed by atoms with Gasteiger partial charge >= 0.3 is 0 Å². The maximum atomic E-state index is 11.6. The summed E-state index contributed by atoms with van der Waals surface area (Å²) in [5.74, 6) is -0.876. The molecule has 124 valence electrons. The van der Waals surface area contributed by atoms with Gasteiger partial charge in [-0.05, 0) is 32.1 Å². The first-order valence-corrected chi connectivity index (χ1v) is 9.01. The van der Waals surface area contributed by atoms with E-state index in [-0.39, 0.29) is 11.8 Å². The number of unbranched alkanes of at least 4 members (excludes halogenated alkanes) is 2. The highest BCUT2D eigenvalue weighted by Crippen LogP contribution is 2.34. The molecule has 1 aliphatic heterocycles. The Morgan fingerprint density at radius 2 is 1.90 bits per heavy atom. The highest BCUT2D eigenvalue weighted by Gasteiger charge is 2.41. The Morgan fingerprint density at radius 3 is 2.48 bits per heavy atom. The van der Waals surface area contributed by atoms with Crippen LogP contribution in [0.25, 0.3) is 0 Å². The second-order valence-corrected chi connectivity index (χ2v) is 7.27. The van der Waals surface area contributed by atoms with E-state index < -0.39 is 5.97 Å². The summed E-state index contributed by atoms with van der Waals surface area (Å²) in [5, 5.41) is 11.6. The number of hydrogen-bond donors (Lipinski definition) is 0. The molecule has 21 heavy (non-hydrogen) atoms. The second kappa shape index (κ2) is 8.77. The first-order valence-electron chi connectivity index (χ1n) is 9.01. The van der Waals surface area contributed by atoms with E-state index in [2.05, 4.69) is 27.8 Å². The van der Waals surface area contributed by atoms with Gasteiger partial charge in [0, 0.05) is 17.8 Å². The molecule has 1 rings (SSSR count). The molecule has 3 nitrogen and oxygen atoms in total. The number of carboxylic acid groups (broad SMARTS) is 1. The van der Waals surface area contributed by atoms with Crippen molar-refractivity contribution < 1.29 is 14.4 Å². The third kappa shape index (κ3) is 4.98. The van der Waals surface area contributed by atoms with Crippen LogP contribution >= 0.6 is 0 Å². The molecule has 0 N–H and O–H groups in total. The van der Waals surface area contributed by atoms with Crippen molar-refractivity contribution in [2.75, 3.05) is 20.1 Å². The molecule has 1 saturated heterocycles. The zero-order valence-electron chi connectivity index (χ0n) is 14.6. The minimum atomic E-state index is -0.830. The number of carbonyl (C=O) groups is 1. The predicted molar refractivity (Wildman–Crippen MR) is 85.7 cm³/mol. The summed E-state index contributed by atoms with van der Waals surface area (Å²) in [6, 6.07) is 0.491. The van der Waals surface area contributed by atoms with Gasteiger partial charge < -0.3 is 14.4 Å². The normalized spacial score (nSPS) is 29.0. The largest absolute Gasteiger partial charge is 0.550 e. The SMILES string of the molecule is CCCCC(C(=O)[O-])C(C)C1CCCC[N+]1(C)CCCC. The van der Waals surface area contributed by atoms with Gasteiger partial charge in [-0.25, -0.2) is 0 Å². The van der Waals surface area contributed by atoms with E-state index in [1.165, 1.54) is 45.2 Å². The van der Waals surface area contributed by atoms with Crippen molar-refractivity contribution in [2.45, 2.75) is 78.2 Å². The first kappa shape index (κ1) is 18.5. The van der Waals surface area contributed by atoms with Crippen LogP contribution in [0.4, 0.5) is 0 Å². The Labute approximate surface area is 131 Å². The van der Waals surface area contributed by atoms with Crippen LogP contribution in [0.1, 0.15) is 72.1 Å². The molecule has 0 radical (unpaired) electrons. The van der Waals surface area contributed by atoms with Crippen LogP contribution in [0.3, 0.4) is 0 Å². The quantitative estimate of drug-likeness (QED) is 0.614. The molecule has 1 heterocycles. The van der Waals surface area contributed by atoms with Crippen molar-refractivity contribution in [1.82, 2.24) is 0 Å². The van der Waals surface area contributed by atoms with Crippen molar-refractivity contribution in [2.24, 2.45) is 11.8 Å². The minimum Gasteiger partial charge on any atom is -0.550 e. The number of rotatable bonds is 9. The van der Waals surface area contributed by atoms with E-state index >= 15 is 0 Å². The Bertz CT molecular complexity index is 318. The lowest BCUT2D eigenvalue weighted by molar-refractivity contribution is -0.942. The van der Waals surface area contributed by atoms with Crippen LogP contribution in [0.15, 0.2) is 0 Å². The summed E-state index contributed by atoms with van der Waals surface area (Å²) < 4.78 is 1.07. The fraction of sp³-hybridized carbons (Fsp3) is 0.944. The van der Waals surface area contributed by atoms with Gasteiger partial charge in [-0.1, -0.05) is 40.0 Å². The lowest BCUT2D eigenvalue weighted by Gasteiger charge is -2.49. The van der Waals surface area contributed by atoms with Gasteiger partial charge in [0.15, 0.2) is 0 Å². The van der Waals surface area contributed by atoms with Gasteiger partial charge in [0.05, 0.1) is 26.2 Å². The van der Waals surface area contributed by atoms with Gasteiger partial charge in [0.25, 0.3) is 0 Å². The number of hydrogen-bond acceptors (Lipinski definition) is 2. The van der Waals surface area contributed by atoms with Crippen LogP contribution in [-0.4, -0.2) is 36.6 Å². The first-order chi connectivity index (χ1) is 9.96. The molecular weight excluding hydrogens is 262 g/mol. The molecule has 0 aliphatic carbocycles. The molecule has 0 aromatic carbocycles. The van der Waals surface area contributed by atoms with Crippen molar-refractivity contribution in [1.29, 1.82) is 0 Å². The highest BCUT2D eigenvalue weighted by molar-refractivity contribution is 5.68. The molecular formula is C18H35NO2. The molecule has 0 aromatic heterocycles. The summed E-state index contributed by atoms with van der Waals surface area (Å²) in [7, 11) is 2.35. The molecule has 0 spiro atoms. The molecule has 0 aromatic rings. The topological polar surface area (TPSA) is 40.1 Å². The van der Waals surface area contributed by atoms with Crippen LogP contribution in [-0.2, 0) is 4.79 Å². The summed E-state index contributed by atoms with van der Waals surface area (Å²) >= 11 is 0. The number of carbonyl (C=O) groups excluding carboxylic acids is 1. The molecule has 4 unspecified atom stereocenters. The van der Waals surface area contributed by atoms with Crippen LogP contribution in [0.5, 0.6) is 0 Å². The van der Waals surface area contributed by atoms with Crippen LogP contribution in [0.2, 0.25) is 0 Å². The van der Waals surface area contributed by atoms with Crippen molar-refractivity contribution in [3.8, 4) is 0 Å². The van der Waals surface area contributed by atoms with Gasteiger partial charge in [0.2, 0.25) is 0 Å². The fourth-order valence-corrected chi connectivity index (χ4v) is 4.22. The molecule has 0 saturated carbocycles. The van der Waals surface area contributed by atoms with Crippen LogP contribution < -0.4 is 5.11 Å². The molecule has 3 heteroatoms. The second-order valence-electron chi connectivity index (χ2n) is 7.27. The fourth-order valence-electron chi connectivity index (χ4n) is 4.22. The number of carboxylic acids is 1. The maximum Gasteiger partial charge on any atom is 0.0920 e. The van der Waals surface area contributed by atoms with Gasteiger partial charge in [-0.3, -0.25) is 0 Å². The van der Waals surface area contributed by atoms with E-state index in [4.69, 9.17) is 0 Å². The molecule has 0 bridgehead atoms. The number of piperidine rings is 1. The van der Waals surface area contributed by atoms with E-state index in [1.807, 2.05) is 0 Å². The molecule has 4 atom stereocenters. The molecule has 1 fully saturated rings. The number of quaternary nitrogens is 1. The third-order valence-electron chi connectivity index (χ3n) is 5.66. The van der Waals surface area contributed by atoms with E-state index in [9.17, 15) is 9.90 Å². The number of likely N-dealkylation sites (tertiary alicyclic amines) is 1. The van der Waals surface area contributed by atoms with Crippen molar-refractivity contribution >= 4 is 5.97 Å². The number of nitrogens with zero attached hydrogens (tertiary/aromatic N) is 1. The van der Waals surface area contributed by atoms with E-state index in [0.717, 1.165) is 23.7 Å². The smallest absolute Gasteiger partial charge is 0.0920 e. The van der Waals surface area contributed by atoms with Gasteiger partial charge in [-0.2, -0.15) is 0 Å².